The molecule has 1 aromatic carbocycles. The summed E-state index contributed by atoms with van der Waals surface area (Å²) < 4.78 is 5.86. The Hall–Kier alpha value is -1.33. The van der Waals surface area contributed by atoms with Gasteiger partial charge in [-0.1, -0.05) is 41.7 Å². The molecule has 1 saturated carbocycles. The maximum absolute atomic E-state index is 12.2. The summed E-state index contributed by atoms with van der Waals surface area (Å²) in [7, 11) is 0. The van der Waals surface area contributed by atoms with E-state index in [0.717, 1.165) is 18.4 Å². The van der Waals surface area contributed by atoms with Gasteiger partial charge in [-0.15, -0.1) is 0 Å². The van der Waals surface area contributed by atoms with Crippen LogP contribution in [0.2, 0.25) is 5.02 Å². The second kappa shape index (κ2) is 6.20. The number of rotatable bonds is 3. The van der Waals surface area contributed by atoms with Crippen molar-refractivity contribution in [3.63, 3.8) is 0 Å². The van der Waals surface area contributed by atoms with Crippen molar-refractivity contribution in [2.24, 2.45) is 0 Å². The van der Waals surface area contributed by atoms with Crippen LogP contribution in [0.5, 0.6) is 0 Å². The van der Waals surface area contributed by atoms with E-state index in [9.17, 15) is 4.79 Å². The van der Waals surface area contributed by atoms with Crippen LogP contribution in [0.1, 0.15) is 36.2 Å². The van der Waals surface area contributed by atoms with Gasteiger partial charge < -0.3 is 9.84 Å². The standard InChI is InChI=1S/C15H14BrClN2O2/c16-12-13(15(20)18-11-6-1-2-7-11)19-21-14(12)9-4-3-5-10(17)8-9/h3-5,8,11H,1-2,6-7H2,(H,18,20). The molecule has 3 rings (SSSR count). The fourth-order valence-corrected chi connectivity index (χ4v) is 3.30. The molecule has 0 aliphatic heterocycles. The Morgan fingerprint density at radius 3 is 2.86 bits per heavy atom. The summed E-state index contributed by atoms with van der Waals surface area (Å²) in [5.41, 5.74) is 1.05. The Morgan fingerprint density at radius 1 is 1.38 bits per heavy atom. The highest BCUT2D eigenvalue weighted by atomic mass is 79.9. The maximum Gasteiger partial charge on any atom is 0.274 e. The minimum atomic E-state index is -0.203. The SMILES string of the molecule is O=C(NC1CCCC1)c1noc(-c2cccc(Cl)c2)c1Br. The van der Waals surface area contributed by atoms with Crippen molar-refractivity contribution in [3.05, 3.63) is 39.5 Å². The van der Waals surface area contributed by atoms with Gasteiger partial charge in [0.15, 0.2) is 11.5 Å². The smallest absolute Gasteiger partial charge is 0.274 e. The number of hydrogen-bond acceptors (Lipinski definition) is 3. The highest BCUT2D eigenvalue weighted by Gasteiger charge is 2.24. The number of aromatic nitrogens is 1. The summed E-state index contributed by atoms with van der Waals surface area (Å²) in [6.07, 6.45) is 4.39. The van der Waals surface area contributed by atoms with Gasteiger partial charge in [-0.2, -0.15) is 0 Å². The molecule has 0 spiro atoms. The average molecular weight is 370 g/mol. The second-order valence-electron chi connectivity index (χ2n) is 5.14. The normalized spacial score (nSPS) is 15.3. The molecular formula is C15H14BrClN2O2. The average Bonchev–Trinajstić information content (AvgIpc) is 3.08. The number of nitrogens with one attached hydrogen (secondary N) is 1. The van der Waals surface area contributed by atoms with Gasteiger partial charge in [-0.3, -0.25) is 4.79 Å². The molecule has 21 heavy (non-hydrogen) atoms. The highest BCUT2D eigenvalue weighted by molar-refractivity contribution is 9.10. The minimum absolute atomic E-state index is 0.203. The molecule has 1 amide bonds. The molecule has 1 heterocycles. The molecule has 6 heteroatoms. The van der Waals surface area contributed by atoms with Crippen LogP contribution in [0.3, 0.4) is 0 Å². The summed E-state index contributed by atoms with van der Waals surface area (Å²) in [6.45, 7) is 0. The molecule has 0 unspecified atom stereocenters. The van der Waals surface area contributed by atoms with Gasteiger partial charge in [0.05, 0.1) is 4.47 Å². The Labute approximate surface area is 136 Å². The van der Waals surface area contributed by atoms with Crippen molar-refractivity contribution >= 4 is 33.4 Å². The van der Waals surface area contributed by atoms with Gasteiger partial charge in [0.25, 0.3) is 5.91 Å². The molecular weight excluding hydrogens is 356 g/mol. The summed E-state index contributed by atoms with van der Waals surface area (Å²) in [5.74, 6) is 0.305. The monoisotopic (exact) mass is 368 g/mol. The lowest BCUT2D eigenvalue weighted by atomic mass is 10.1. The molecule has 1 aromatic heterocycles. The van der Waals surface area contributed by atoms with E-state index >= 15 is 0 Å². The third-order valence-corrected chi connectivity index (χ3v) is 4.60. The predicted molar refractivity (Wildman–Crippen MR) is 84.4 cm³/mol. The van der Waals surface area contributed by atoms with Crippen molar-refractivity contribution in [1.82, 2.24) is 10.5 Å². The predicted octanol–water partition coefficient (Wildman–Crippen LogP) is 4.43. The number of carbonyl (C=O) groups is 1. The molecule has 0 radical (unpaired) electrons. The van der Waals surface area contributed by atoms with Gasteiger partial charge in [0, 0.05) is 16.6 Å². The number of hydrogen-bond donors (Lipinski definition) is 1. The fourth-order valence-electron chi connectivity index (χ4n) is 2.55. The molecule has 4 nitrogen and oxygen atoms in total. The van der Waals surface area contributed by atoms with E-state index in [2.05, 4.69) is 26.4 Å². The van der Waals surface area contributed by atoms with Gasteiger partial charge in [-0.05, 0) is 40.9 Å². The molecule has 110 valence electrons. The first-order chi connectivity index (χ1) is 10.1. The van der Waals surface area contributed by atoms with Crippen LogP contribution >= 0.6 is 27.5 Å². The molecule has 0 saturated heterocycles. The Kier molecular flexibility index (Phi) is 4.31. The summed E-state index contributed by atoms with van der Waals surface area (Å²) in [4.78, 5) is 12.2. The zero-order valence-electron chi connectivity index (χ0n) is 11.2. The lowest BCUT2D eigenvalue weighted by molar-refractivity contribution is 0.0928. The number of benzene rings is 1. The van der Waals surface area contributed by atoms with E-state index in [1.165, 1.54) is 12.8 Å². The number of halogens is 2. The number of carbonyl (C=O) groups excluding carboxylic acids is 1. The Morgan fingerprint density at radius 2 is 2.14 bits per heavy atom. The molecule has 0 bridgehead atoms. The third kappa shape index (κ3) is 3.14. The van der Waals surface area contributed by atoms with Crippen LogP contribution < -0.4 is 5.32 Å². The minimum Gasteiger partial charge on any atom is -0.354 e. The molecule has 1 aliphatic carbocycles. The quantitative estimate of drug-likeness (QED) is 0.870. The van der Waals surface area contributed by atoms with Crippen molar-refractivity contribution in [3.8, 4) is 11.3 Å². The van der Waals surface area contributed by atoms with Crippen molar-refractivity contribution in [1.29, 1.82) is 0 Å². The first-order valence-corrected chi connectivity index (χ1v) is 8.04. The van der Waals surface area contributed by atoms with E-state index < -0.39 is 0 Å². The third-order valence-electron chi connectivity index (χ3n) is 3.63. The van der Waals surface area contributed by atoms with E-state index in [1.807, 2.05) is 12.1 Å². The number of amides is 1. The summed E-state index contributed by atoms with van der Waals surface area (Å²) in [6, 6.07) is 7.48. The van der Waals surface area contributed by atoms with Gasteiger partial charge in [0.1, 0.15) is 0 Å². The zero-order valence-corrected chi connectivity index (χ0v) is 13.6. The second-order valence-corrected chi connectivity index (χ2v) is 6.37. The summed E-state index contributed by atoms with van der Waals surface area (Å²) in [5, 5.41) is 7.49. The molecule has 1 N–H and O–H groups in total. The number of nitrogens with zero attached hydrogens (tertiary/aromatic N) is 1. The highest BCUT2D eigenvalue weighted by Crippen LogP contribution is 2.32. The van der Waals surface area contributed by atoms with Gasteiger partial charge in [0.2, 0.25) is 0 Å². The molecule has 2 aromatic rings. The molecule has 0 atom stereocenters. The van der Waals surface area contributed by atoms with E-state index in [1.54, 1.807) is 12.1 Å². The van der Waals surface area contributed by atoms with Crippen molar-refractivity contribution < 1.29 is 9.32 Å². The lowest BCUT2D eigenvalue weighted by Crippen LogP contribution is -2.32. The van der Waals surface area contributed by atoms with Crippen LogP contribution in [0, 0.1) is 0 Å². The van der Waals surface area contributed by atoms with Crippen LogP contribution in [-0.4, -0.2) is 17.1 Å². The topological polar surface area (TPSA) is 55.1 Å². The molecule has 1 fully saturated rings. The van der Waals surface area contributed by atoms with Crippen LogP contribution in [0.25, 0.3) is 11.3 Å². The largest absolute Gasteiger partial charge is 0.354 e. The van der Waals surface area contributed by atoms with Crippen molar-refractivity contribution in [2.45, 2.75) is 31.7 Å². The van der Waals surface area contributed by atoms with Crippen LogP contribution in [0.15, 0.2) is 33.3 Å². The van der Waals surface area contributed by atoms with E-state index in [0.29, 0.717) is 15.3 Å². The fraction of sp³-hybridized carbons (Fsp3) is 0.333. The van der Waals surface area contributed by atoms with Crippen LogP contribution in [0.4, 0.5) is 0 Å². The van der Waals surface area contributed by atoms with Crippen LogP contribution in [-0.2, 0) is 0 Å². The maximum atomic E-state index is 12.2. The Balaban J connectivity index is 1.83. The van der Waals surface area contributed by atoms with Gasteiger partial charge in [-0.25, -0.2) is 0 Å². The summed E-state index contributed by atoms with van der Waals surface area (Å²) >= 11 is 9.38. The zero-order chi connectivity index (χ0) is 14.8. The van der Waals surface area contributed by atoms with E-state index in [4.69, 9.17) is 16.1 Å². The first-order valence-electron chi connectivity index (χ1n) is 6.87. The van der Waals surface area contributed by atoms with E-state index in [-0.39, 0.29) is 17.6 Å². The van der Waals surface area contributed by atoms with Crippen molar-refractivity contribution in [2.75, 3.05) is 0 Å². The lowest BCUT2D eigenvalue weighted by Gasteiger charge is -2.09. The molecule has 1 aliphatic rings. The van der Waals surface area contributed by atoms with Gasteiger partial charge >= 0.3 is 0 Å². The first kappa shape index (κ1) is 14.6. The Bertz CT molecular complexity index is 665.